The zero-order valence-corrected chi connectivity index (χ0v) is 16.1. The van der Waals surface area contributed by atoms with Crippen molar-refractivity contribution in [3.8, 4) is 0 Å². The van der Waals surface area contributed by atoms with Crippen LogP contribution < -0.4 is 5.73 Å². The van der Waals surface area contributed by atoms with E-state index >= 15 is 0 Å². The summed E-state index contributed by atoms with van der Waals surface area (Å²) >= 11 is 0. The van der Waals surface area contributed by atoms with Crippen molar-refractivity contribution in [3.05, 3.63) is 72.7 Å². The zero-order chi connectivity index (χ0) is 19.8. The monoisotopic (exact) mass is 341 g/mol. The van der Waals surface area contributed by atoms with Crippen LogP contribution in [0.5, 0.6) is 0 Å². The van der Waals surface area contributed by atoms with Gasteiger partial charge in [-0.3, -0.25) is 0 Å². The molecular formula is C21H31N3O. The number of aliphatic hydroxyl groups is 1. The highest BCUT2D eigenvalue weighted by molar-refractivity contribution is 5.80. The number of hydrogen-bond acceptors (Lipinski definition) is 4. The van der Waals surface area contributed by atoms with Crippen molar-refractivity contribution in [2.45, 2.75) is 34.6 Å². The highest BCUT2D eigenvalue weighted by Gasteiger charge is 2.06. The molecule has 25 heavy (non-hydrogen) atoms. The molecule has 0 radical (unpaired) electrons. The van der Waals surface area contributed by atoms with E-state index in [9.17, 15) is 5.11 Å². The number of azo groups is 1. The van der Waals surface area contributed by atoms with E-state index in [1.807, 2.05) is 27.7 Å². The minimum atomic E-state index is 0.0232. The average Bonchev–Trinajstić information content (AvgIpc) is 2.68. The van der Waals surface area contributed by atoms with Gasteiger partial charge < -0.3 is 10.8 Å². The number of nitrogen functional groups attached to an aromatic ring is 1. The van der Waals surface area contributed by atoms with Crippen molar-refractivity contribution in [2.24, 2.45) is 10.2 Å². The molecule has 0 heterocycles. The zero-order valence-electron chi connectivity index (χ0n) is 16.1. The van der Waals surface area contributed by atoms with Crippen LogP contribution in [0, 0.1) is 0 Å². The van der Waals surface area contributed by atoms with Gasteiger partial charge in [-0.1, -0.05) is 65.7 Å². The lowest BCUT2D eigenvalue weighted by Gasteiger charge is -2.07. The van der Waals surface area contributed by atoms with Gasteiger partial charge in [0.1, 0.15) is 5.76 Å². The quantitative estimate of drug-likeness (QED) is 0.248. The molecule has 0 aliphatic carbocycles. The first-order valence-electron chi connectivity index (χ1n) is 8.35. The minimum absolute atomic E-state index is 0.0232. The van der Waals surface area contributed by atoms with Crippen LogP contribution in [-0.2, 0) is 0 Å². The molecule has 0 saturated carbocycles. The van der Waals surface area contributed by atoms with Gasteiger partial charge in [0.05, 0.1) is 11.4 Å². The van der Waals surface area contributed by atoms with Crippen LogP contribution in [0.3, 0.4) is 0 Å². The van der Waals surface area contributed by atoms with Crippen LogP contribution in [-0.4, -0.2) is 5.11 Å². The Morgan fingerprint density at radius 1 is 1.04 bits per heavy atom. The third kappa shape index (κ3) is 7.97. The first-order chi connectivity index (χ1) is 12.1. The second-order valence-electron chi connectivity index (χ2n) is 4.10. The Balaban J connectivity index is 0. The molecule has 3 N–H and O–H groups in total. The number of aliphatic hydroxyl groups excluding tert-OH is 1. The predicted octanol–water partition coefficient (Wildman–Crippen LogP) is 7.22. The number of anilines is 1. The van der Waals surface area contributed by atoms with Crippen molar-refractivity contribution in [1.82, 2.24) is 0 Å². The highest BCUT2D eigenvalue weighted by atomic mass is 16.3. The van der Waals surface area contributed by atoms with Crippen LogP contribution in [0.1, 0.15) is 45.7 Å². The van der Waals surface area contributed by atoms with Crippen molar-refractivity contribution < 1.29 is 5.11 Å². The summed E-state index contributed by atoms with van der Waals surface area (Å²) in [4.78, 5) is 0. The summed E-state index contributed by atoms with van der Waals surface area (Å²) in [5, 5.41) is 17.7. The molecule has 0 unspecified atom stereocenters. The largest absolute Gasteiger partial charge is 0.508 e. The summed E-state index contributed by atoms with van der Waals surface area (Å²) in [5.74, 6) is 0.0232. The molecule has 1 aromatic carbocycles. The topological polar surface area (TPSA) is 71.0 Å². The molecule has 4 nitrogen and oxygen atoms in total. The molecule has 0 amide bonds. The van der Waals surface area contributed by atoms with E-state index in [4.69, 9.17) is 5.73 Å². The molecule has 0 aromatic heterocycles. The number of nitrogens with two attached hydrogens (primary N) is 1. The van der Waals surface area contributed by atoms with E-state index in [-0.39, 0.29) is 5.76 Å². The third-order valence-corrected chi connectivity index (χ3v) is 2.78. The second kappa shape index (κ2) is 14.7. The summed E-state index contributed by atoms with van der Waals surface area (Å²) in [7, 11) is 0. The molecule has 1 aromatic rings. The fraction of sp³-hybridized carbons (Fsp3) is 0.238. The molecule has 0 fully saturated rings. The van der Waals surface area contributed by atoms with E-state index in [0.717, 1.165) is 11.1 Å². The maximum absolute atomic E-state index is 9.43. The number of rotatable bonds is 6. The molecular weight excluding hydrogens is 310 g/mol. The van der Waals surface area contributed by atoms with E-state index in [1.54, 1.807) is 37.3 Å². The smallest absolute Gasteiger partial charge is 0.117 e. The van der Waals surface area contributed by atoms with Gasteiger partial charge in [-0.05, 0) is 25.1 Å². The van der Waals surface area contributed by atoms with E-state index in [1.165, 1.54) is 12.2 Å². The Morgan fingerprint density at radius 3 is 2.04 bits per heavy atom. The molecule has 0 bridgehead atoms. The SMILES string of the molecule is C=C/C(O)=C\C(=C/C)N=Nc1ccc(N)c(C=C)c1C=C.CC.CC. The molecule has 136 valence electrons. The molecule has 0 atom stereocenters. The maximum atomic E-state index is 9.43. The Morgan fingerprint density at radius 2 is 1.60 bits per heavy atom. The van der Waals surface area contributed by atoms with E-state index < -0.39 is 0 Å². The normalized spacial score (nSPS) is 10.9. The van der Waals surface area contributed by atoms with Crippen LogP contribution in [0.15, 0.2) is 71.8 Å². The lowest BCUT2D eigenvalue weighted by molar-refractivity contribution is 0.432. The number of hydrogen-bond donors (Lipinski definition) is 2. The van der Waals surface area contributed by atoms with Gasteiger partial charge in [0, 0.05) is 22.9 Å². The van der Waals surface area contributed by atoms with Gasteiger partial charge in [0.2, 0.25) is 0 Å². The fourth-order valence-corrected chi connectivity index (χ4v) is 1.66. The lowest BCUT2D eigenvalue weighted by atomic mass is 10.0. The molecule has 0 aliphatic heterocycles. The van der Waals surface area contributed by atoms with Crippen molar-refractivity contribution in [1.29, 1.82) is 0 Å². The lowest BCUT2D eigenvalue weighted by Crippen LogP contribution is -1.92. The van der Waals surface area contributed by atoms with Gasteiger partial charge in [0.25, 0.3) is 0 Å². The number of nitrogens with zero attached hydrogens (tertiary/aromatic N) is 2. The standard InChI is InChI=1S/C17H19N3O.2C2H6/c1-5-12(11-13(21)6-2)19-20-17-10-9-16(18)14(7-3)15(17)8-4;2*1-2/h5-11,21H,2-4,18H2,1H3;2*1-2H3/b12-5+,13-11+,20-19?;;. The Bertz CT molecular complexity index is 653. The van der Waals surface area contributed by atoms with Crippen molar-refractivity contribution >= 4 is 23.5 Å². The van der Waals surface area contributed by atoms with Gasteiger partial charge in [-0.15, -0.1) is 5.11 Å². The highest BCUT2D eigenvalue weighted by Crippen LogP contribution is 2.30. The second-order valence-corrected chi connectivity index (χ2v) is 4.10. The summed E-state index contributed by atoms with van der Waals surface area (Å²) in [6.45, 7) is 20.8. The van der Waals surface area contributed by atoms with Gasteiger partial charge in [-0.25, -0.2) is 0 Å². The van der Waals surface area contributed by atoms with E-state index in [0.29, 0.717) is 17.1 Å². The fourth-order valence-electron chi connectivity index (χ4n) is 1.66. The van der Waals surface area contributed by atoms with E-state index in [2.05, 4.69) is 30.0 Å². The number of benzene rings is 1. The Labute approximate surface area is 152 Å². The van der Waals surface area contributed by atoms with Gasteiger partial charge in [0.15, 0.2) is 0 Å². The van der Waals surface area contributed by atoms with Crippen molar-refractivity contribution in [3.63, 3.8) is 0 Å². The molecule has 1 rings (SSSR count). The summed E-state index contributed by atoms with van der Waals surface area (Å²) in [5.41, 5.74) is 9.17. The summed E-state index contributed by atoms with van der Waals surface area (Å²) < 4.78 is 0. The van der Waals surface area contributed by atoms with Crippen LogP contribution in [0.25, 0.3) is 12.2 Å². The summed E-state index contributed by atoms with van der Waals surface area (Å²) in [6, 6.07) is 3.50. The molecule has 4 heteroatoms. The maximum Gasteiger partial charge on any atom is 0.117 e. The molecule has 0 spiro atoms. The first-order valence-corrected chi connectivity index (χ1v) is 8.35. The van der Waals surface area contributed by atoms with Gasteiger partial charge >= 0.3 is 0 Å². The molecule has 0 saturated heterocycles. The Kier molecular flexibility index (Phi) is 14.3. The Hall–Kier alpha value is -2.88. The van der Waals surface area contributed by atoms with Gasteiger partial charge in [-0.2, -0.15) is 5.11 Å². The number of allylic oxidation sites excluding steroid dienone is 3. The summed E-state index contributed by atoms with van der Waals surface area (Å²) in [6.07, 6.45) is 7.84. The average molecular weight is 341 g/mol. The van der Waals surface area contributed by atoms with Crippen LogP contribution >= 0.6 is 0 Å². The third-order valence-electron chi connectivity index (χ3n) is 2.78. The predicted molar refractivity (Wildman–Crippen MR) is 113 cm³/mol. The van der Waals surface area contributed by atoms with Crippen LogP contribution in [0.2, 0.25) is 0 Å². The van der Waals surface area contributed by atoms with Crippen molar-refractivity contribution in [2.75, 3.05) is 5.73 Å². The minimum Gasteiger partial charge on any atom is -0.508 e. The van der Waals surface area contributed by atoms with Crippen LogP contribution in [0.4, 0.5) is 11.4 Å². The molecule has 0 aliphatic rings. The first kappa shape index (κ1) is 24.4.